The predicted molar refractivity (Wildman–Crippen MR) is 124 cm³/mol. The Hall–Kier alpha value is -2.22. The monoisotopic (exact) mass is 394 g/mol. The minimum absolute atomic E-state index is 0.143. The molecule has 0 bridgehead atoms. The van der Waals surface area contributed by atoms with Crippen LogP contribution in [0.1, 0.15) is 93.7 Å². The largest absolute Gasteiger partial charge is 0.508 e. The Morgan fingerprint density at radius 1 is 0.793 bits per heavy atom. The fraction of sp³-hybridized carbons (Fsp3) is 0.481. The maximum atomic E-state index is 10.6. The molecule has 0 fully saturated rings. The Morgan fingerprint density at radius 2 is 1.17 bits per heavy atom. The van der Waals surface area contributed by atoms with Crippen LogP contribution in [0.3, 0.4) is 0 Å². The third-order valence-corrected chi connectivity index (χ3v) is 5.80. The zero-order chi connectivity index (χ0) is 22.1. The average Bonchev–Trinajstić information content (AvgIpc) is 2.55. The van der Waals surface area contributed by atoms with Crippen molar-refractivity contribution in [1.82, 2.24) is 0 Å². The second-order valence-electron chi connectivity index (χ2n) is 10.4. The zero-order valence-corrected chi connectivity index (χ0v) is 19.5. The Kier molecular flexibility index (Phi) is 6.57. The number of hydrogen-bond donors (Lipinski definition) is 2. The molecule has 2 heteroatoms. The zero-order valence-electron chi connectivity index (χ0n) is 19.5. The second-order valence-corrected chi connectivity index (χ2v) is 10.4. The highest BCUT2D eigenvalue weighted by Crippen LogP contribution is 2.42. The van der Waals surface area contributed by atoms with Crippen LogP contribution in [0.4, 0.5) is 0 Å². The smallest absolute Gasteiger partial charge is 0.119 e. The van der Waals surface area contributed by atoms with E-state index >= 15 is 0 Å². The van der Waals surface area contributed by atoms with Gasteiger partial charge in [-0.2, -0.15) is 0 Å². The van der Waals surface area contributed by atoms with Gasteiger partial charge in [0.15, 0.2) is 0 Å². The van der Waals surface area contributed by atoms with Gasteiger partial charge in [0, 0.05) is 5.92 Å². The molecule has 0 aliphatic carbocycles. The van der Waals surface area contributed by atoms with Gasteiger partial charge in [-0.1, -0.05) is 59.8 Å². The van der Waals surface area contributed by atoms with E-state index in [0.717, 1.165) is 35.1 Å². The van der Waals surface area contributed by atoms with Crippen LogP contribution in [0, 0.1) is 13.8 Å². The molecule has 2 N–H and O–H groups in total. The normalized spacial score (nSPS) is 12.4. The van der Waals surface area contributed by atoms with Crippen molar-refractivity contribution in [1.29, 1.82) is 0 Å². The number of hydrogen-bond acceptors (Lipinski definition) is 2. The van der Waals surface area contributed by atoms with Crippen molar-refractivity contribution >= 4 is 0 Å². The molecular weight excluding hydrogens is 356 g/mol. The summed E-state index contributed by atoms with van der Waals surface area (Å²) in [5.41, 5.74) is 6.31. The summed E-state index contributed by atoms with van der Waals surface area (Å²) in [5.74, 6) is 0.898. The second kappa shape index (κ2) is 8.26. The van der Waals surface area contributed by atoms with Gasteiger partial charge in [-0.05, 0) is 83.0 Å². The predicted octanol–water partition coefficient (Wildman–Crippen LogP) is 7.41. The Bertz CT molecular complexity index is 823. The molecule has 2 aromatic carbocycles. The average molecular weight is 395 g/mol. The van der Waals surface area contributed by atoms with E-state index in [1.54, 1.807) is 0 Å². The van der Waals surface area contributed by atoms with E-state index in [4.69, 9.17) is 0 Å². The highest BCUT2D eigenvalue weighted by atomic mass is 16.3. The van der Waals surface area contributed by atoms with Crippen molar-refractivity contribution in [3.8, 4) is 11.5 Å². The number of phenols is 2. The Morgan fingerprint density at radius 3 is 1.48 bits per heavy atom. The van der Waals surface area contributed by atoms with E-state index in [2.05, 4.69) is 74.1 Å². The lowest BCUT2D eigenvalue weighted by molar-refractivity contribution is 0.445. The standard InChI is InChI=1S/C27H38O2/c1-10-11-12-19(20-15-22(26(4,5)6)24(28)13-17(20)2)21-16-23(27(7,8)9)25(29)14-18(21)3/h10,13-16,19,28-29H,1,11-12H2,2-9H3. The first-order valence-corrected chi connectivity index (χ1v) is 10.6. The van der Waals surface area contributed by atoms with E-state index in [9.17, 15) is 10.2 Å². The highest BCUT2D eigenvalue weighted by molar-refractivity contribution is 5.52. The number of phenolic OH excluding ortho intramolecular Hbond substituents is 2. The molecule has 2 aromatic rings. The molecule has 0 unspecified atom stereocenters. The van der Waals surface area contributed by atoms with E-state index in [1.807, 2.05) is 18.2 Å². The molecule has 0 aliphatic heterocycles. The highest BCUT2D eigenvalue weighted by Gasteiger charge is 2.26. The molecular formula is C27H38O2. The minimum Gasteiger partial charge on any atom is -0.508 e. The molecule has 29 heavy (non-hydrogen) atoms. The number of aryl methyl sites for hydroxylation is 2. The summed E-state index contributed by atoms with van der Waals surface area (Å²) in [4.78, 5) is 0. The molecule has 2 rings (SSSR count). The number of benzene rings is 2. The molecule has 2 nitrogen and oxygen atoms in total. The first-order chi connectivity index (χ1) is 13.3. The Balaban J connectivity index is 2.76. The van der Waals surface area contributed by atoms with Crippen LogP contribution in [0.25, 0.3) is 0 Å². The van der Waals surface area contributed by atoms with E-state index in [1.165, 1.54) is 11.1 Å². The fourth-order valence-corrected chi connectivity index (χ4v) is 4.13. The summed E-state index contributed by atoms with van der Waals surface area (Å²) in [6, 6.07) is 8.16. The van der Waals surface area contributed by atoms with Crippen LogP contribution in [-0.2, 0) is 10.8 Å². The van der Waals surface area contributed by atoms with Crippen LogP contribution in [0.2, 0.25) is 0 Å². The van der Waals surface area contributed by atoms with E-state index in [-0.39, 0.29) is 16.7 Å². The van der Waals surface area contributed by atoms with E-state index < -0.39 is 0 Å². The van der Waals surface area contributed by atoms with Crippen LogP contribution >= 0.6 is 0 Å². The summed E-state index contributed by atoms with van der Waals surface area (Å²) in [6.07, 6.45) is 3.81. The summed E-state index contributed by atoms with van der Waals surface area (Å²) in [7, 11) is 0. The fourth-order valence-electron chi connectivity index (χ4n) is 4.13. The number of rotatable bonds is 5. The summed E-state index contributed by atoms with van der Waals surface area (Å²) in [5, 5.41) is 21.1. The minimum atomic E-state index is -0.143. The summed E-state index contributed by atoms with van der Waals surface area (Å²) < 4.78 is 0. The quantitative estimate of drug-likeness (QED) is 0.518. The van der Waals surface area contributed by atoms with Gasteiger partial charge in [0.2, 0.25) is 0 Å². The lowest BCUT2D eigenvalue weighted by atomic mass is 9.76. The van der Waals surface area contributed by atoms with Gasteiger partial charge >= 0.3 is 0 Å². The molecule has 0 saturated carbocycles. The molecule has 0 aliphatic rings. The van der Waals surface area contributed by atoms with Gasteiger partial charge < -0.3 is 10.2 Å². The van der Waals surface area contributed by atoms with Gasteiger partial charge in [-0.15, -0.1) is 6.58 Å². The van der Waals surface area contributed by atoms with Crippen molar-refractivity contribution < 1.29 is 10.2 Å². The SMILES string of the molecule is C=CCCC(c1cc(C(C)(C)C)c(O)cc1C)c1cc(C(C)(C)C)c(O)cc1C. The van der Waals surface area contributed by atoms with Crippen LogP contribution in [-0.4, -0.2) is 10.2 Å². The van der Waals surface area contributed by atoms with Crippen LogP contribution < -0.4 is 0 Å². The molecule has 0 aromatic heterocycles. The van der Waals surface area contributed by atoms with Gasteiger partial charge in [-0.3, -0.25) is 0 Å². The van der Waals surface area contributed by atoms with Crippen LogP contribution in [0.5, 0.6) is 11.5 Å². The maximum Gasteiger partial charge on any atom is 0.119 e. The third kappa shape index (κ3) is 5.04. The third-order valence-electron chi connectivity index (χ3n) is 5.80. The summed E-state index contributed by atoms with van der Waals surface area (Å²) in [6.45, 7) is 20.8. The van der Waals surface area contributed by atoms with Gasteiger partial charge in [0.05, 0.1) is 0 Å². The van der Waals surface area contributed by atoms with Crippen molar-refractivity contribution in [3.05, 3.63) is 70.3 Å². The maximum absolute atomic E-state index is 10.6. The molecule has 0 amide bonds. The number of allylic oxidation sites excluding steroid dienone is 1. The van der Waals surface area contributed by atoms with Crippen molar-refractivity contribution in [2.75, 3.05) is 0 Å². The van der Waals surface area contributed by atoms with Gasteiger partial charge in [0.25, 0.3) is 0 Å². The lowest BCUT2D eigenvalue weighted by Gasteiger charge is -2.29. The molecule has 0 spiro atoms. The van der Waals surface area contributed by atoms with Gasteiger partial charge in [0.1, 0.15) is 11.5 Å². The van der Waals surface area contributed by atoms with Crippen molar-refractivity contribution in [2.45, 2.75) is 85.0 Å². The van der Waals surface area contributed by atoms with E-state index in [0.29, 0.717) is 11.5 Å². The summed E-state index contributed by atoms with van der Waals surface area (Å²) >= 11 is 0. The molecule has 0 heterocycles. The van der Waals surface area contributed by atoms with Crippen molar-refractivity contribution in [2.24, 2.45) is 0 Å². The molecule has 0 atom stereocenters. The first kappa shape index (κ1) is 23.1. The first-order valence-electron chi connectivity index (χ1n) is 10.6. The van der Waals surface area contributed by atoms with Crippen molar-refractivity contribution in [3.63, 3.8) is 0 Å². The Labute approximate surface area is 177 Å². The molecule has 0 saturated heterocycles. The number of aromatic hydroxyl groups is 2. The van der Waals surface area contributed by atoms with Gasteiger partial charge in [-0.25, -0.2) is 0 Å². The lowest BCUT2D eigenvalue weighted by Crippen LogP contribution is -2.16. The van der Waals surface area contributed by atoms with Crippen LogP contribution in [0.15, 0.2) is 36.9 Å². The molecule has 158 valence electrons. The topological polar surface area (TPSA) is 40.5 Å². The molecule has 0 radical (unpaired) electrons.